The Kier molecular flexibility index (Phi) is 3.53. The first-order valence-corrected chi connectivity index (χ1v) is 8.83. The average Bonchev–Trinajstić information content (AvgIpc) is 2.40. The summed E-state index contributed by atoms with van der Waals surface area (Å²) in [7, 11) is 0. The van der Waals surface area contributed by atoms with E-state index in [2.05, 4.69) is 33.4 Å². The molecule has 0 spiro atoms. The van der Waals surface area contributed by atoms with Gasteiger partial charge < -0.3 is 10.5 Å². The summed E-state index contributed by atoms with van der Waals surface area (Å²) in [6, 6.07) is -0.267. The molecule has 1 unspecified atom stereocenters. The molecule has 128 valence electrons. The van der Waals surface area contributed by atoms with Crippen molar-refractivity contribution in [3.05, 3.63) is 24.3 Å². The Morgan fingerprint density at radius 3 is 2.52 bits per heavy atom. The average molecular weight is 317 g/mol. The van der Waals surface area contributed by atoms with E-state index in [0.717, 1.165) is 19.3 Å². The van der Waals surface area contributed by atoms with Crippen molar-refractivity contribution >= 4 is 5.78 Å². The monoisotopic (exact) mass is 317 g/mol. The summed E-state index contributed by atoms with van der Waals surface area (Å²) in [5.74, 6) is 0.111. The van der Waals surface area contributed by atoms with Gasteiger partial charge >= 0.3 is 0 Å². The van der Waals surface area contributed by atoms with Gasteiger partial charge in [0.2, 0.25) is 0 Å². The third kappa shape index (κ3) is 2.20. The third-order valence-corrected chi connectivity index (χ3v) is 6.79. The lowest BCUT2D eigenvalue weighted by atomic mass is 9.47. The fraction of sp³-hybridized carbons (Fsp3) is 0.750. The van der Waals surface area contributed by atoms with Gasteiger partial charge in [-0.2, -0.15) is 0 Å². The van der Waals surface area contributed by atoms with Crippen molar-refractivity contribution < 1.29 is 9.53 Å². The summed E-state index contributed by atoms with van der Waals surface area (Å²) in [5, 5.41) is 0. The number of carbonyl (C=O) groups excluding carboxylic acids is 1. The number of rotatable bonds is 1. The Balaban J connectivity index is 2.17. The highest BCUT2D eigenvalue weighted by Gasteiger charge is 2.64. The van der Waals surface area contributed by atoms with E-state index < -0.39 is 11.2 Å². The third-order valence-electron chi connectivity index (χ3n) is 6.79. The van der Waals surface area contributed by atoms with Crippen molar-refractivity contribution in [2.75, 3.05) is 0 Å². The van der Waals surface area contributed by atoms with Gasteiger partial charge in [-0.25, -0.2) is 0 Å². The van der Waals surface area contributed by atoms with Crippen LogP contribution in [-0.4, -0.2) is 23.0 Å². The lowest BCUT2D eigenvalue weighted by molar-refractivity contribution is -0.210. The molecule has 3 nitrogen and oxygen atoms in total. The molecule has 0 aromatic carbocycles. The molecular weight excluding hydrogens is 286 g/mol. The van der Waals surface area contributed by atoms with Crippen LogP contribution in [0, 0.1) is 16.7 Å². The van der Waals surface area contributed by atoms with E-state index >= 15 is 0 Å². The molecule has 1 saturated carbocycles. The number of ketones is 1. The molecule has 1 aliphatic heterocycles. The van der Waals surface area contributed by atoms with E-state index in [1.54, 1.807) is 6.08 Å². The van der Waals surface area contributed by atoms with Crippen LogP contribution in [0.25, 0.3) is 0 Å². The fourth-order valence-electron chi connectivity index (χ4n) is 5.73. The second-order valence-electron chi connectivity index (χ2n) is 9.14. The highest BCUT2D eigenvalue weighted by Crippen LogP contribution is 2.62. The number of allylic oxidation sites excluding steroid dienone is 1. The van der Waals surface area contributed by atoms with Crippen LogP contribution in [0.1, 0.15) is 60.3 Å². The van der Waals surface area contributed by atoms with Gasteiger partial charge in [-0.3, -0.25) is 4.79 Å². The number of nitrogens with two attached hydrogens (primary N) is 1. The molecule has 3 rings (SSSR count). The summed E-state index contributed by atoms with van der Waals surface area (Å²) in [5.41, 5.74) is 6.60. The second-order valence-corrected chi connectivity index (χ2v) is 9.14. The predicted molar refractivity (Wildman–Crippen MR) is 93.0 cm³/mol. The normalized spacial score (nSPS) is 49.0. The minimum atomic E-state index is -0.663. The Morgan fingerprint density at radius 1 is 1.26 bits per heavy atom. The molecule has 2 N–H and O–H groups in total. The van der Waals surface area contributed by atoms with Crippen LogP contribution in [0.5, 0.6) is 0 Å². The first kappa shape index (κ1) is 16.9. The van der Waals surface area contributed by atoms with Crippen molar-refractivity contribution in [2.45, 2.75) is 77.5 Å². The Bertz CT molecular complexity index is 592. The molecule has 5 atom stereocenters. The number of carbonyl (C=O) groups is 1. The smallest absolute Gasteiger partial charge is 0.142 e. The zero-order valence-electron chi connectivity index (χ0n) is 15.2. The minimum Gasteiger partial charge on any atom is -0.362 e. The summed E-state index contributed by atoms with van der Waals surface area (Å²) in [4.78, 5) is 13.2. The van der Waals surface area contributed by atoms with E-state index in [1.807, 2.05) is 13.8 Å². The van der Waals surface area contributed by atoms with Crippen molar-refractivity contribution in [3.63, 3.8) is 0 Å². The zero-order valence-corrected chi connectivity index (χ0v) is 15.2. The van der Waals surface area contributed by atoms with Gasteiger partial charge in [0.15, 0.2) is 0 Å². The molecule has 1 saturated heterocycles. The van der Waals surface area contributed by atoms with E-state index in [-0.39, 0.29) is 28.6 Å². The Hall–Kier alpha value is -0.930. The van der Waals surface area contributed by atoms with Crippen LogP contribution in [0.2, 0.25) is 0 Å². The summed E-state index contributed by atoms with van der Waals surface area (Å²) < 4.78 is 6.47. The van der Waals surface area contributed by atoms with Crippen LogP contribution in [0.3, 0.4) is 0 Å². The largest absolute Gasteiger partial charge is 0.362 e. The molecule has 0 aromatic heterocycles. The van der Waals surface area contributed by atoms with Gasteiger partial charge in [0, 0.05) is 11.8 Å². The Labute approximate surface area is 140 Å². The molecule has 23 heavy (non-hydrogen) atoms. The molecule has 0 aromatic rings. The van der Waals surface area contributed by atoms with Crippen LogP contribution in [0.4, 0.5) is 0 Å². The molecule has 3 aliphatic rings. The summed E-state index contributed by atoms with van der Waals surface area (Å²) in [6.45, 7) is 14.7. The number of hydrogen-bond donors (Lipinski definition) is 1. The van der Waals surface area contributed by atoms with Gasteiger partial charge in [-0.15, -0.1) is 6.58 Å². The molecule has 2 fully saturated rings. The quantitative estimate of drug-likeness (QED) is 0.749. The maximum Gasteiger partial charge on any atom is 0.142 e. The highest BCUT2D eigenvalue weighted by molar-refractivity contribution is 5.86. The van der Waals surface area contributed by atoms with Gasteiger partial charge in [0.1, 0.15) is 5.78 Å². The van der Waals surface area contributed by atoms with Gasteiger partial charge in [-0.1, -0.05) is 44.9 Å². The van der Waals surface area contributed by atoms with Crippen LogP contribution >= 0.6 is 0 Å². The van der Waals surface area contributed by atoms with Gasteiger partial charge in [-0.05, 0) is 32.1 Å². The standard InChI is InChI=1S/C20H31NO2/c1-7-18(4)12-13(22)16-19(5)10-8-9-17(2,3)14(19)11-15(21)20(16,6)23-18/h7,11,15-16H,1,8-10,12,21H2,2-6H3/t15?,16-,18+,19+,20-/m1/s1. The highest BCUT2D eigenvalue weighted by atomic mass is 16.5. The number of ether oxygens (including phenoxy) is 1. The van der Waals surface area contributed by atoms with Gasteiger partial charge in [0.25, 0.3) is 0 Å². The van der Waals surface area contributed by atoms with E-state index in [4.69, 9.17) is 10.5 Å². The zero-order chi connectivity index (χ0) is 17.3. The molecule has 3 heteroatoms. The van der Waals surface area contributed by atoms with Crippen molar-refractivity contribution in [3.8, 4) is 0 Å². The van der Waals surface area contributed by atoms with Crippen molar-refractivity contribution in [2.24, 2.45) is 22.5 Å². The first-order valence-electron chi connectivity index (χ1n) is 8.83. The van der Waals surface area contributed by atoms with Crippen LogP contribution in [0.15, 0.2) is 24.3 Å². The van der Waals surface area contributed by atoms with E-state index in [9.17, 15) is 4.79 Å². The topological polar surface area (TPSA) is 52.3 Å². The SMILES string of the molecule is C=C[C@@]1(C)CC(=O)[C@@H]2[C@@]3(C)CCCC(C)(C)C3=CC(N)[C@@]2(C)O1. The summed E-state index contributed by atoms with van der Waals surface area (Å²) >= 11 is 0. The van der Waals surface area contributed by atoms with E-state index in [0.29, 0.717) is 6.42 Å². The lowest BCUT2D eigenvalue weighted by Gasteiger charge is -2.62. The maximum absolute atomic E-state index is 13.2. The summed E-state index contributed by atoms with van der Waals surface area (Å²) in [6.07, 6.45) is 7.70. The number of fused-ring (bicyclic) bond motifs is 3. The molecule has 0 bridgehead atoms. The predicted octanol–water partition coefficient (Wildman–Crippen LogP) is 3.78. The first-order chi connectivity index (χ1) is 10.5. The number of Topliss-reactive ketones (excluding diaryl/α,β-unsaturated/α-hetero) is 1. The van der Waals surface area contributed by atoms with Gasteiger partial charge in [0.05, 0.1) is 23.2 Å². The number of hydrogen-bond acceptors (Lipinski definition) is 3. The molecule has 1 heterocycles. The minimum absolute atomic E-state index is 0.103. The maximum atomic E-state index is 13.2. The van der Waals surface area contributed by atoms with Crippen LogP contribution in [-0.2, 0) is 9.53 Å². The Morgan fingerprint density at radius 2 is 1.91 bits per heavy atom. The molecule has 0 amide bonds. The molecule has 2 aliphatic carbocycles. The van der Waals surface area contributed by atoms with E-state index in [1.165, 1.54) is 5.57 Å². The second kappa shape index (κ2) is 4.80. The van der Waals surface area contributed by atoms with Crippen molar-refractivity contribution in [1.82, 2.24) is 0 Å². The lowest BCUT2D eigenvalue weighted by Crippen LogP contribution is -2.69. The molecule has 0 radical (unpaired) electrons. The van der Waals surface area contributed by atoms with Crippen molar-refractivity contribution in [1.29, 1.82) is 0 Å². The fourth-order valence-corrected chi connectivity index (χ4v) is 5.73. The van der Waals surface area contributed by atoms with Crippen LogP contribution < -0.4 is 5.73 Å². The molecular formula is C20H31NO2.